The summed E-state index contributed by atoms with van der Waals surface area (Å²) in [5, 5.41) is 9.71. The summed E-state index contributed by atoms with van der Waals surface area (Å²) in [5.74, 6) is -0.614. The fraction of sp³-hybridized carbons (Fsp3) is 0.718. The second-order valence-corrected chi connectivity index (χ2v) is 25.7. The van der Waals surface area contributed by atoms with Crippen LogP contribution in [0.4, 0.5) is 0 Å². The van der Waals surface area contributed by atoms with Gasteiger partial charge < -0.3 is 14.6 Å². The Morgan fingerprint density at radius 3 is 0.733 bits per heavy atom. The SMILES string of the molecule is CC/C=C\C/C=C\C/C=C\C/C=C\C/C=C\C/C=C\C/C=C\C/C=C\C/C=C\C/C=C\CCCCCCC(=O)OC(CO)COC(=O)CCCCCCCCCCCCCCCCCCCCCCCCCCCCCCC/C=C\CCCCCCCCCC. The Morgan fingerprint density at radius 2 is 0.478 bits per heavy atom. The molecular formula is C85H146O5. The van der Waals surface area contributed by atoms with E-state index in [0.717, 1.165) is 116 Å². The lowest BCUT2D eigenvalue weighted by Crippen LogP contribution is -2.28. The van der Waals surface area contributed by atoms with Gasteiger partial charge in [-0.25, -0.2) is 0 Å². The quantitative estimate of drug-likeness (QED) is 0.0373. The van der Waals surface area contributed by atoms with Gasteiger partial charge in [-0.15, -0.1) is 0 Å². The highest BCUT2D eigenvalue weighted by molar-refractivity contribution is 5.70. The summed E-state index contributed by atoms with van der Waals surface area (Å²) in [4.78, 5) is 24.7. The average molecular weight is 1250 g/mol. The van der Waals surface area contributed by atoms with E-state index in [1.807, 2.05) is 0 Å². The number of unbranched alkanes of at least 4 members (excludes halogenated alkanes) is 41. The Morgan fingerprint density at radius 1 is 0.267 bits per heavy atom. The number of carbonyl (C=O) groups is 2. The molecule has 0 saturated heterocycles. The molecule has 0 amide bonds. The number of ether oxygens (including phenoxy) is 2. The van der Waals surface area contributed by atoms with Crippen molar-refractivity contribution >= 4 is 11.9 Å². The first kappa shape index (κ1) is 86.0. The smallest absolute Gasteiger partial charge is 0.306 e. The zero-order valence-electron chi connectivity index (χ0n) is 59.4. The van der Waals surface area contributed by atoms with E-state index in [9.17, 15) is 14.7 Å². The molecule has 0 aliphatic rings. The maximum Gasteiger partial charge on any atom is 0.306 e. The second-order valence-electron chi connectivity index (χ2n) is 25.7. The van der Waals surface area contributed by atoms with Crippen molar-refractivity contribution in [2.24, 2.45) is 0 Å². The van der Waals surface area contributed by atoms with E-state index >= 15 is 0 Å². The van der Waals surface area contributed by atoms with Crippen molar-refractivity contribution in [2.75, 3.05) is 13.2 Å². The first-order valence-corrected chi connectivity index (χ1v) is 38.7. The van der Waals surface area contributed by atoms with E-state index in [-0.39, 0.29) is 25.2 Å². The molecule has 0 spiro atoms. The van der Waals surface area contributed by atoms with Gasteiger partial charge >= 0.3 is 11.9 Å². The number of hydrogen-bond donors (Lipinski definition) is 1. The van der Waals surface area contributed by atoms with Gasteiger partial charge in [0.25, 0.3) is 0 Å². The molecule has 0 heterocycles. The van der Waals surface area contributed by atoms with Crippen molar-refractivity contribution in [1.82, 2.24) is 0 Å². The fourth-order valence-electron chi connectivity index (χ4n) is 11.2. The molecule has 1 unspecified atom stereocenters. The molecular weight excluding hydrogens is 1100 g/mol. The Hall–Kier alpha value is -3.96. The monoisotopic (exact) mass is 1250 g/mol. The third kappa shape index (κ3) is 76.5. The van der Waals surface area contributed by atoms with Gasteiger partial charge in [0.2, 0.25) is 0 Å². The zero-order chi connectivity index (χ0) is 64.7. The zero-order valence-corrected chi connectivity index (χ0v) is 59.4. The van der Waals surface area contributed by atoms with Crippen LogP contribution in [-0.4, -0.2) is 36.4 Å². The van der Waals surface area contributed by atoms with Crippen LogP contribution >= 0.6 is 0 Å². The van der Waals surface area contributed by atoms with Crippen molar-refractivity contribution in [3.05, 3.63) is 134 Å². The molecule has 0 aliphatic carbocycles. The fourth-order valence-corrected chi connectivity index (χ4v) is 11.2. The highest BCUT2D eigenvalue weighted by atomic mass is 16.6. The normalized spacial score (nSPS) is 13.0. The van der Waals surface area contributed by atoms with Crippen LogP contribution in [0.3, 0.4) is 0 Å². The molecule has 90 heavy (non-hydrogen) atoms. The predicted octanol–water partition coefficient (Wildman–Crippen LogP) is 27.4. The van der Waals surface area contributed by atoms with Crippen molar-refractivity contribution in [2.45, 2.75) is 380 Å². The van der Waals surface area contributed by atoms with Crippen molar-refractivity contribution in [3.8, 4) is 0 Å². The van der Waals surface area contributed by atoms with Crippen LogP contribution in [-0.2, 0) is 19.1 Å². The maximum absolute atomic E-state index is 12.4. The Bertz CT molecular complexity index is 1800. The molecule has 0 aromatic heterocycles. The lowest BCUT2D eigenvalue weighted by molar-refractivity contribution is -0.161. The summed E-state index contributed by atoms with van der Waals surface area (Å²) in [6, 6.07) is 0. The number of carbonyl (C=O) groups excluding carboxylic acids is 2. The molecule has 0 aromatic carbocycles. The minimum absolute atomic E-state index is 0.0807. The molecule has 0 saturated carbocycles. The largest absolute Gasteiger partial charge is 0.462 e. The first-order chi connectivity index (χ1) is 44.6. The highest BCUT2D eigenvalue weighted by Crippen LogP contribution is 2.18. The van der Waals surface area contributed by atoms with Gasteiger partial charge in [-0.05, 0) is 116 Å². The van der Waals surface area contributed by atoms with Gasteiger partial charge in [0, 0.05) is 12.8 Å². The third-order valence-electron chi connectivity index (χ3n) is 16.9. The van der Waals surface area contributed by atoms with E-state index in [1.165, 1.54) is 231 Å². The predicted molar refractivity (Wildman–Crippen MR) is 398 cm³/mol. The number of allylic oxidation sites excluding steroid dienone is 22. The summed E-state index contributed by atoms with van der Waals surface area (Å²) in [5.41, 5.74) is 0. The van der Waals surface area contributed by atoms with Gasteiger partial charge in [0.15, 0.2) is 6.10 Å². The second kappa shape index (κ2) is 79.3. The van der Waals surface area contributed by atoms with Crippen molar-refractivity contribution < 1.29 is 24.2 Å². The van der Waals surface area contributed by atoms with Crippen LogP contribution < -0.4 is 0 Å². The number of aliphatic hydroxyl groups excluding tert-OH is 1. The highest BCUT2D eigenvalue weighted by Gasteiger charge is 2.16. The molecule has 0 aliphatic heterocycles. The summed E-state index contributed by atoms with van der Waals surface area (Å²) in [6.45, 7) is 4.04. The maximum atomic E-state index is 12.4. The molecule has 0 bridgehead atoms. The Balaban J connectivity index is 3.49. The number of esters is 2. The minimum atomic E-state index is -0.796. The van der Waals surface area contributed by atoms with E-state index in [2.05, 4.69) is 148 Å². The van der Waals surface area contributed by atoms with Crippen LogP contribution in [0.5, 0.6) is 0 Å². The number of hydrogen-bond acceptors (Lipinski definition) is 5. The van der Waals surface area contributed by atoms with Gasteiger partial charge in [0.05, 0.1) is 6.61 Å². The first-order valence-electron chi connectivity index (χ1n) is 38.7. The molecule has 0 rings (SSSR count). The van der Waals surface area contributed by atoms with Gasteiger partial charge in [-0.2, -0.15) is 0 Å². The number of rotatable bonds is 71. The lowest BCUT2D eigenvalue weighted by atomic mass is 10.0. The lowest BCUT2D eigenvalue weighted by Gasteiger charge is -2.15. The average Bonchev–Trinajstić information content (AvgIpc) is 3.58. The topological polar surface area (TPSA) is 72.8 Å². The Labute approximate surface area is 559 Å². The summed E-state index contributed by atoms with van der Waals surface area (Å²) < 4.78 is 10.8. The molecule has 1 atom stereocenters. The van der Waals surface area contributed by atoms with E-state index in [4.69, 9.17) is 9.47 Å². The Kier molecular flexibility index (Phi) is 75.8. The van der Waals surface area contributed by atoms with Gasteiger partial charge in [0.1, 0.15) is 6.61 Å². The van der Waals surface area contributed by atoms with E-state index in [0.29, 0.717) is 12.8 Å². The summed E-state index contributed by atoms with van der Waals surface area (Å²) in [6.07, 6.45) is 118. The van der Waals surface area contributed by atoms with Crippen LogP contribution in [0.1, 0.15) is 373 Å². The molecule has 1 N–H and O–H groups in total. The molecule has 0 aromatic rings. The molecule has 0 radical (unpaired) electrons. The third-order valence-corrected chi connectivity index (χ3v) is 16.9. The standard InChI is InChI=1S/C85H146O5/c1-3-5-7-9-11-13-15-17-19-21-23-25-27-29-31-33-35-37-39-40-41-42-43-44-46-47-49-51-53-55-57-59-61-63-65-67-69-71-73-75-77-79-84(87)89-82-83(81-86)90-85(88)80-78-76-74-72-70-68-66-64-62-60-58-56-54-52-50-48-45-38-36-34-32-30-28-26-24-22-20-18-16-14-12-10-8-6-4-2/h6,8,12,14,18,20-21,23-24,26,30,32,36,38,48,50,54,56,60,62,66,68,83,86H,3-5,7,9-11,13,15-17,19,22,25,27-29,31,33-35,37,39-47,49,51-53,55,57-59,61,63-65,67,69-82H2,1-2H3/b8-6-,14-12-,20-18-,23-21-,26-24-,32-30-,38-36-,50-48-,56-54-,62-60-,68-66-. The van der Waals surface area contributed by atoms with E-state index in [1.54, 1.807) is 0 Å². The van der Waals surface area contributed by atoms with Crippen LogP contribution in [0.25, 0.3) is 0 Å². The van der Waals surface area contributed by atoms with Gasteiger partial charge in [-0.3, -0.25) is 9.59 Å². The molecule has 0 fully saturated rings. The number of aliphatic hydroxyl groups is 1. The van der Waals surface area contributed by atoms with Crippen LogP contribution in [0.15, 0.2) is 134 Å². The van der Waals surface area contributed by atoms with Crippen molar-refractivity contribution in [1.29, 1.82) is 0 Å². The summed E-state index contributed by atoms with van der Waals surface area (Å²) in [7, 11) is 0. The van der Waals surface area contributed by atoms with E-state index < -0.39 is 6.10 Å². The molecule has 5 nitrogen and oxygen atoms in total. The van der Waals surface area contributed by atoms with Gasteiger partial charge in [-0.1, -0.05) is 379 Å². The molecule has 516 valence electrons. The summed E-state index contributed by atoms with van der Waals surface area (Å²) >= 11 is 0. The van der Waals surface area contributed by atoms with Crippen molar-refractivity contribution in [3.63, 3.8) is 0 Å². The molecule has 5 heteroatoms. The van der Waals surface area contributed by atoms with Crippen LogP contribution in [0, 0.1) is 0 Å². The van der Waals surface area contributed by atoms with Crippen LogP contribution in [0.2, 0.25) is 0 Å². The minimum Gasteiger partial charge on any atom is -0.462 e.